The molecule has 2 aromatic carbocycles. The van der Waals surface area contributed by atoms with Gasteiger partial charge in [0, 0.05) is 24.4 Å². The second kappa shape index (κ2) is 11.0. The zero-order valence-electron chi connectivity index (χ0n) is 20.2. The lowest BCUT2D eigenvalue weighted by Crippen LogP contribution is -2.40. The summed E-state index contributed by atoms with van der Waals surface area (Å²) in [7, 11) is 0. The number of carbonyl (C=O) groups excluding carboxylic acids is 1. The molecule has 0 unspecified atom stereocenters. The molecule has 1 saturated carbocycles. The van der Waals surface area contributed by atoms with Gasteiger partial charge in [-0.1, -0.05) is 67.8 Å². The summed E-state index contributed by atoms with van der Waals surface area (Å²) in [5.41, 5.74) is 2.07. The predicted molar refractivity (Wildman–Crippen MR) is 145 cm³/mol. The Bertz CT molecular complexity index is 1250. The number of aromatic nitrogens is 2. The van der Waals surface area contributed by atoms with Gasteiger partial charge >= 0.3 is 0 Å². The summed E-state index contributed by atoms with van der Waals surface area (Å²) < 4.78 is 0. The van der Waals surface area contributed by atoms with Crippen LogP contribution < -0.4 is 10.2 Å². The van der Waals surface area contributed by atoms with E-state index in [1.165, 1.54) is 19.3 Å². The molecule has 35 heavy (non-hydrogen) atoms. The summed E-state index contributed by atoms with van der Waals surface area (Å²) >= 11 is 1.66. The molecule has 5 rings (SSSR count). The first-order valence-electron chi connectivity index (χ1n) is 12.6. The molecule has 0 radical (unpaired) electrons. The van der Waals surface area contributed by atoms with Gasteiger partial charge in [-0.05, 0) is 48.9 Å². The molecule has 1 fully saturated rings. The van der Waals surface area contributed by atoms with Crippen molar-refractivity contribution in [3.05, 3.63) is 77.7 Å². The zero-order chi connectivity index (χ0) is 24.0. The van der Waals surface area contributed by atoms with E-state index in [4.69, 9.17) is 9.97 Å². The first-order chi connectivity index (χ1) is 17.2. The molecule has 6 heteroatoms. The van der Waals surface area contributed by atoms with E-state index in [1.54, 1.807) is 11.3 Å². The molecule has 1 aliphatic rings. The van der Waals surface area contributed by atoms with Gasteiger partial charge in [0.1, 0.15) is 5.82 Å². The van der Waals surface area contributed by atoms with E-state index in [-0.39, 0.29) is 11.9 Å². The van der Waals surface area contributed by atoms with Crippen molar-refractivity contribution in [1.82, 2.24) is 15.3 Å². The third-order valence-corrected chi connectivity index (χ3v) is 7.73. The lowest BCUT2D eigenvalue weighted by Gasteiger charge is -2.36. The largest absolute Gasteiger partial charge is 0.352 e. The van der Waals surface area contributed by atoms with E-state index in [0.717, 1.165) is 45.8 Å². The number of benzene rings is 2. The molecule has 2 aromatic heterocycles. The highest BCUT2D eigenvalue weighted by Crippen LogP contribution is 2.33. The van der Waals surface area contributed by atoms with Crippen LogP contribution in [0.1, 0.15) is 57.1 Å². The van der Waals surface area contributed by atoms with Gasteiger partial charge in [-0.2, -0.15) is 0 Å². The Kier molecular flexibility index (Phi) is 7.38. The number of carbonyl (C=O) groups is 1. The first kappa shape index (κ1) is 23.5. The average Bonchev–Trinajstić information content (AvgIpc) is 3.45. The lowest BCUT2D eigenvalue weighted by atomic mass is 9.93. The zero-order valence-corrected chi connectivity index (χ0v) is 21.0. The summed E-state index contributed by atoms with van der Waals surface area (Å²) in [6, 6.07) is 22.8. The van der Waals surface area contributed by atoms with Gasteiger partial charge in [0.25, 0.3) is 0 Å². The number of fused-ring (bicyclic) bond motifs is 1. The predicted octanol–water partition coefficient (Wildman–Crippen LogP) is 6.76. The molecule has 0 bridgehead atoms. The van der Waals surface area contributed by atoms with Crippen LogP contribution in [-0.2, 0) is 4.79 Å². The quantitative estimate of drug-likeness (QED) is 0.300. The molecule has 1 aliphatic carbocycles. The molecule has 1 atom stereocenters. The Hall–Kier alpha value is -3.25. The van der Waals surface area contributed by atoms with Gasteiger partial charge in [-0.15, -0.1) is 11.3 Å². The monoisotopic (exact) mass is 484 g/mol. The molecule has 1 amide bonds. The van der Waals surface area contributed by atoms with Crippen LogP contribution in [0.15, 0.2) is 72.1 Å². The van der Waals surface area contributed by atoms with Gasteiger partial charge in [0.15, 0.2) is 5.82 Å². The third-order valence-electron chi connectivity index (χ3n) is 6.87. The van der Waals surface area contributed by atoms with Crippen LogP contribution in [0.4, 0.5) is 5.82 Å². The number of hydrogen-bond acceptors (Lipinski definition) is 5. The first-order valence-corrected chi connectivity index (χ1v) is 13.5. The topological polar surface area (TPSA) is 58.1 Å². The van der Waals surface area contributed by atoms with Crippen LogP contribution in [0, 0.1) is 0 Å². The van der Waals surface area contributed by atoms with Crippen LogP contribution in [-0.4, -0.2) is 28.5 Å². The number of nitrogens with zero attached hydrogens (tertiary/aromatic N) is 3. The maximum atomic E-state index is 13.0. The lowest BCUT2D eigenvalue weighted by molar-refractivity contribution is -0.121. The Morgan fingerprint density at radius 2 is 1.77 bits per heavy atom. The maximum Gasteiger partial charge on any atom is 0.222 e. The molecule has 0 spiro atoms. The highest BCUT2D eigenvalue weighted by molar-refractivity contribution is 7.13. The summed E-state index contributed by atoms with van der Waals surface area (Å²) in [5.74, 6) is 1.78. The van der Waals surface area contributed by atoms with Crippen LogP contribution in [0.5, 0.6) is 0 Å². The van der Waals surface area contributed by atoms with Crippen molar-refractivity contribution in [2.45, 2.75) is 57.5 Å². The number of para-hydroxylation sites is 1. The van der Waals surface area contributed by atoms with E-state index >= 15 is 0 Å². The maximum absolute atomic E-state index is 13.0. The van der Waals surface area contributed by atoms with Crippen molar-refractivity contribution < 1.29 is 4.79 Å². The smallest absolute Gasteiger partial charge is 0.222 e. The summed E-state index contributed by atoms with van der Waals surface area (Å²) in [6.07, 6.45) is 6.42. The number of amides is 1. The van der Waals surface area contributed by atoms with Crippen molar-refractivity contribution in [3.63, 3.8) is 0 Å². The van der Waals surface area contributed by atoms with E-state index in [2.05, 4.69) is 45.9 Å². The van der Waals surface area contributed by atoms with Crippen molar-refractivity contribution in [2.24, 2.45) is 0 Å². The molecule has 4 aromatic rings. The standard InChI is InChI=1S/C29H32N4OS/c1-21(22-11-4-2-5-12-22)30-27(34)18-19-33(23-13-6-3-7-14-23)29-24-15-8-9-16-25(24)31-28(32-29)26-17-10-20-35-26/h2,4-5,8-12,15-17,20-21,23H,3,6-7,13-14,18-19H2,1H3,(H,30,34)/t21-/m0/s1. The summed E-state index contributed by atoms with van der Waals surface area (Å²) in [5, 5.41) is 6.29. The highest BCUT2D eigenvalue weighted by Gasteiger charge is 2.26. The highest BCUT2D eigenvalue weighted by atomic mass is 32.1. The van der Waals surface area contributed by atoms with E-state index in [1.807, 2.05) is 43.3 Å². The van der Waals surface area contributed by atoms with Crippen molar-refractivity contribution in [1.29, 1.82) is 0 Å². The Morgan fingerprint density at radius 1 is 1.00 bits per heavy atom. The minimum absolute atomic E-state index is 0.0165. The third kappa shape index (κ3) is 5.54. The number of hydrogen-bond donors (Lipinski definition) is 1. The number of rotatable bonds is 8. The normalized spacial score (nSPS) is 15.1. The Balaban J connectivity index is 1.43. The van der Waals surface area contributed by atoms with Gasteiger partial charge in [-0.25, -0.2) is 9.97 Å². The second-order valence-corrected chi connectivity index (χ2v) is 10.2. The fraction of sp³-hybridized carbons (Fsp3) is 0.345. The summed E-state index contributed by atoms with van der Waals surface area (Å²) in [4.78, 5) is 26.4. The minimum Gasteiger partial charge on any atom is -0.352 e. The van der Waals surface area contributed by atoms with Gasteiger partial charge in [-0.3, -0.25) is 4.79 Å². The van der Waals surface area contributed by atoms with Crippen LogP contribution in [0.3, 0.4) is 0 Å². The fourth-order valence-electron chi connectivity index (χ4n) is 5.01. The number of anilines is 1. The fourth-order valence-corrected chi connectivity index (χ4v) is 5.67. The van der Waals surface area contributed by atoms with E-state index < -0.39 is 0 Å². The van der Waals surface area contributed by atoms with Crippen LogP contribution in [0.2, 0.25) is 0 Å². The van der Waals surface area contributed by atoms with Crippen molar-refractivity contribution in [2.75, 3.05) is 11.4 Å². The van der Waals surface area contributed by atoms with E-state index in [9.17, 15) is 4.79 Å². The Morgan fingerprint density at radius 3 is 2.54 bits per heavy atom. The molecule has 0 aliphatic heterocycles. The second-order valence-electron chi connectivity index (χ2n) is 9.30. The molecule has 2 heterocycles. The average molecular weight is 485 g/mol. The Labute approximate surface area is 211 Å². The summed E-state index contributed by atoms with van der Waals surface area (Å²) in [6.45, 7) is 2.68. The molecule has 0 saturated heterocycles. The minimum atomic E-state index is -0.0165. The van der Waals surface area contributed by atoms with Gasteiger partial charge < -0.3 is 10.2 Å². The molecule has 5 nitrogen and oxygen atoms in total. The number of thiophene rings is 1. The molecule has 1 N–H and O–H groups in total. The van der Waals surface area contributed by atoms with E-state index in [0.29, 0.717) is 19.0 Å². The molecular weight excluding hydrogens is 452 g/mol. The van der Waals surface area contributed by atoms with Crippen molar-refractivity contribution >= 4 is 34.0 Å². The van der Waals surface area contributed by atoms with Gasteiger partial charge in [0.05, 0.1) is 16.4 Å². The number of nitrogens with one attached hydrogen (secondary N) is 1. The molecular formula is C29H32N4OS. The van der Waals surface area contributed by atoms with Crippen LogP contribution in [0.25, 0.3) is 21.6 Å². The SMILES string of the molecule is C[C@H](NC(=O)CCN(c1nc(-c2cccs2)nc2ccccc12)C1CCCCC1)c1ccccc1. The van der Waals surface area contributed by atoms with Crippen molar-refractivity contribution in [3.8, 4) is 10.7 Å². The molecule has 180 valence electrons. The van der Waals surface area contributed by atoms with Gasteiger partial charge in [0.2, 0.25) is 5.91 Å². The van der Waals surface area contributed by atoms with Crippen LogP contribution >= 0.6 is 11.3 Å².